The number of carboxylic acids is 1. The molecule has 2 amide bonds. The van der Waals surface area contributed by atoms with Crippen LogP contribution in [0.25, 0.3) is 0 Å². The molecule has 4 atom stereocenters. The standard InChI is InChI=1S/C27H27N5O10S/c1-15(33)21-22-20(12-16-2-6-18(7-3-16)31(38)39)24(23(26(35)36)30(22)25(21)34)43-11-10-28-14-29-27(37)42-13-17-4-8-19(9-5-17)32(40)41/h2-9,14-15,20-22,33H,10-13H2,1H3,(H,35,36)(H,28,29,37)/p-1. The van der Waals surface area contributed by atoms with Gasteiger partial charge in [0.2, 0.25) is 5.91 Å². The van der Waals surface area contributed by atoms with Crippen LogP contribution in [0.4, 0.5) is 16.2 Å². The Hall–Kier alpha value is -4.83. The molecule has 2 N–H and O–H groups in total. The number of hydrogen-bond donors (Lipinski definition) is 2. The minimum Gasteiger partial charge on any atom is -0.543 e. The Balaban J connectivity index is 1.37. The highest BCUT2D eigenvalue weighted by molar-refractivity contribution is 8.03. The summed E-state index contributed by atoms with van der Waals surface area (Å²) in [5, 5.41) is 46.4. The number of alkyl carbamates (subject to hydrolysis) is 1. The van der Waals surface area contributed by atoms with E-state index in [0.29, 0.717) is 16.0 Å². The van der Waals surface area contributed by atoms with Crippen molar-refractivity contribution in [1.82, 2.24) is 10.2 Å². The van der Waals surface area contributed by atoms with E-state index < -0.39 is 51.8 Å². The van der Waals surface area contributed by atoms with Crippen LogP contribution in [0.1, 0.15) is 18.1 Å². The third kappa shape index (κ3) is 6.98. The molecular weight excluding hydrogens is 586 g/mol. The summed E-state index contributed by atoms with van der Waals surface area (Å²) in [5.74, 6) is -3.09. The van der Waals surface area contributed by atoms with Gasteiger partial charge in [0.05, 0.1) is 52.5 Å². The number of carboxylic acid groups (broad SMARTS) is 1. The topological polar surface area (TPSA) is 218 Å². The van der Waals surface area contributed by atoms with E-state index in [4.69, 9.17) is 4.74 Å². The van der Waals surface area contributed by atoms with Crippen molar-refractivity contribution in [2.24, 2.45) is 16.8 Å². The van der Waals surface area contributed by atoms with E-state index in [1.54, 1.807) is 12.1 Å². The van der Waals surface area contributed by atoms with Gasteiger partial charge in [-0.3, -0.25) is 35.3 Å². The number of aliphatic carboxylic acids is 1. The first-order valence-corrected chi connectivity index (χ1v) is 14.0. The van der Waals surface area contributed by atoms with Crippen molar-refractivity contribution in [3.8, 4) is 0 Å². The molecule has 2 aromatic carbocycles. The maximum absolute atomic E-state index is 12.8. The van der Waals surface area contributed by atoms with Gasteiger partial charge in [-0.1, -0.05) is 12.1 Å². The highest BCUT2D eigenvalue weighted by Gasteiger charge is 2.59. The number of nitro benzene ring substituents is 2. The summed E-state index contributed by atoms with van der Waals surface area (Å²) in [6.07, 6.45) is -0.435. The number of hydrogen-bond acceptors (Lipinski definition) is 12. The number of ether oxygens (including phenoxy) is 1. The van der Waals surface area contributed by atoms with Gasteiger partial charge in [0.1, 0.15) is 6.61 Å². The summed E-state index contributed by atoms with van der Waals surface area (Å²) in [7, 11) is 0. The maximum atomic E-state index is 12.8. The van der Waals surface area contributed by atoms with E-state index in [9.17, 15) is 44.8 Å². The van der Waals surface area contributed by atoms with Crippen LogP contribution >= 0.6 is 11.8 Å². The number of fused-ring (bicyclic) bond motifs is 1. The number of β-lactam (4-membered cyclic amide) rings is 1. The first-order valence-electron chi connectivity index (χ1n) is 13.0. The molecule has 226 valence electrons. The first-order chi connectivity index (χ1) is 20.5. The second kappa shape index (κ2) is 13.4. The number of nitrogens with zero attached hydrogens (tertiary/aromatic N) is 4. The van der Waals surface area contributed by atoms with Gasteiger partial charge in [0.25, 0.3) is 11.4 Å². The maximum Gasteiger partial charge on any atom is 0.412 e. The van der Waals surface area contributed by atoms with E-state index >= 15 is 0 Å². The smallest absolute Gasteiger partial charge is 0.412 e. The molecular formula is C27H26N5O10S-. The lowest BCUT2D eigenvalue weighted by Gasteiger charge is -2.47. The molecule has 4 rings (SSSR count). The monoisotopic (exact) mass is 612 g/mol. The van der Waals surface area contributed by atoms with E-state index in [1.165, 1.54) is 43.3 Å². The number of rotatable bonds is 13. The van der Waals surface area contributed by atoms with Crippen LogP contribution in [-0.4, -0.2) is 68.6 Å². The summed E-state index contributed by atoms with van der Waals surface area (Å²) in [6.45, 7) is 1.50. The van der Waals surface area contributed by atoms with Gasteiger partial charge in [-0.2, -0.15) is 0 Å². The summed E-state index contributed by atoms with van der Waals surface area (Å²) in [6, 6.07) is 10.7. The van der Waals surface area contributed by atoms with E-state index in [2.05, 4.69) is 10.3 Å². The number of thioether (sulfide) groups is 1. The van der Waals surface area contributed by atoms with Crippen LogP contribution in [0.5, 0.6) is 0 Å². The van der Waals surface area contributed by atoms with Crippen LogP contribution < -0.4 is 10.4 Å². The molecule has 2 heterocycles. The average Bonchev–Trinajstić information content (AvgIpc) is 3.23. The summed E-state index contributed by atoms with van der Waals surface area (Å²) in [4.78, 5) is 63.1. The SMILES string of the molecule is CC(O)C1C(=O)N2C(C(=O)[O-])=C(SCCN=CNC(=O)OCc3ccc([N+](=O)[O-])cc3)C(Cc3ccc([N+](=O)[O-])cc3)C12. The van der Waals surface area contributed by atoms with Gasteiger partial charge in [-0.25, -0.2) is 4.79 Å². The average molecular weight is 613 g/mol. The van der Waals surface area contributed by atoms with Gasteiger partial charge < -0.3 is 24.6 Å². The summed E-state index contributed by atoms with van der Waals surface area (Å²) >= 11 is 1.16. The van der Waals surface area contributed by atoms with Crippen molar-refractivity contribution in [2.75, 3.05) is 12.3 Å². The molecule has 0 saturated carbocycles. The number of aliphatic hydroxyl groups is 1. The fourth-order valence-corrected chi connectivity index (χ4v) is 6.21. The normalized spacial score (nSPS) is 20.0. The second-order valence-corrected chi connectivity index (χ2v) is 10.9. The Labute approximate surface area is 248 Å². The van der Waals surface area contributed by atoms with E-state index in [-0.39, 0.29) is 42.4 Å². The molecule has 2 aliphatic heterocycles. The molecule has 0 aliphatic carbocycles. The molecule has 16 heteroatoms. The number of aliphatic hydroxyl groups excluding tert-OH is 1. The predicted molar refractivity (Wildman–Crippen MR) is 150 cm³/mol. The Morgan fingerprint density at radius 3 is 2.21 bits per heavy atom. The fraction of sp³-hybridized carbons (Fsp3) is 0.333. The van der Waals surface area contributed by atoms with Crippen molar-refractivity contribution in [1.29, 1.82) is 0 Å². The molecule has 43 heavy (non-hydrogen) atoms. The Bertz CT molecular complexity index is 1480. The zero-order chi connectivity index (χ0) is 31.3. The molecule has 0 aromatic heterocycles. The molecule has 0 radical (unpaired) electrons. The number of nitro groups is 2. The van der Waals surface area contributed by atoms with E-state index in [0.717, 1.165) is 23.0 Å². The highest BCUT2D eigenvalue weighted by atomic mass is 32.2. The minimum atomic E-state index is -1.53. The minimum absolute atomic E-state index is 0.0878. The lowest BCUT2D eigenvalue weighted by atomic mass is 9.76. The number of aliphatic imine (C=N–C) groups is 1. The largest absolute Gasteiger partial charge is 0.543 e. The van der Waals surface area contributed by atoms with Crippen LogP contribution in [0.3, 0.4) is 0 Å². The molecule has 0 spiro atoms. The zero-order valence-corrected chi connectivity index (χ0v) is 23.5. The van der Waals surface area contributed by atoms with Gasteiger partial charge in [-0.05, 0) is 36.6 Å². The van der Waals surface area contributed by atoms with Crippen LogP contribution in [-0.2, 0) is 27.4 Å². The second-order valence-electron chi connectivity index (χ2n) is 9.73. The molecule has 1 fully saturated rings. The number of carbonyl (C=O) groups excluding carboxylic acids is 3. The molecule has 2 aliphatic rings. The number of nitrogens with one attached hydrogen (secondary N) is 1. The molecule has 0 bridgehead atoms. The Morgan fingerprint density at radius 1 is 1.09 bits per heavy atom. The van der Waals surface area contributed by atoms with Crippen LogP contribution in [0.15, 0.2) is 64.1 Å². The number of benzene rings is 2. The van der Waals surface area contributed by atoms with Crippen LogP contribution in [0, 0.1) is 32.1 Å². The predicted octanol–water partition coefficient (Wildman–Crippen LogP) is 1.53. The Morgan fingerprint density at radius 2 is 1.67 bits per heavy atom. The quantitative estimate of drug-likeness (QED) is 0.0825. The zero-order valence-electron chi connectivity index (χ0n) is 22.7. The molecule has 4 unspecified atom stereocenters. The van der Waals surface area contributed by atoms with Crippen molar-refractivity contribution < 1.29 is 39.2 Å². The van der Waals surface area contributed by atoms with Crippen molar-refractivity contribution in [2.45, 2.75) is 32.1 Å². The number of amides is 2. The van der Waals surface area contributed by atoms with Gasteiger partial charge >= 0.3 is 6.09 Å². The number of non-ortho nitro benzene ring substituents is 2. The van der Waals surface area contributed by atoms with Crippen molar-refractivity contribution >= 4 is 47.4 Å². The van der Waals surface area contributed by atoms with Crippen LogP contribution in [0.2, 0.25) is 0 Å². The van der Waals surface area contributed by atoms with Gasteiger partial charge in [0.15, 0.2) is 0 Å². The van der Waals surface area contributed by atoms with E-state index in [1.807, 2.05) is 0 Å². The summed E-state index contributed by atoms with van der Waals surface area (Å²) < 4.78 is 5.03. The van der Waals surface area contributed by atoms with Gasteiger partial charge in [0, 0.05) is 40.8 Å². The first kappa shape index (κ1) is 31.1. The number of carbonyl (C=O) groups is 3. The lowest BCUT2D eigenvalue weighted by molar-refractivity contribution is -0.385. The van der Waals surface area contributed by atoms with Crippen molar-refractivity contribution in [3.63, 3.8) is 0 Å². The Kier molecular flexibility index (Phi) is 9.72. The lowest BCUT2D eigenvalue weighted by Crippen LogP contribution is -2.64. The third-order valence-corrected chi connectivity index (χ3v) is 8.19. The molecule has 2 aromatic rings. The molecule has 1 saturated heterocycles. The third-order valence-electron chi connectivity index (χ3n) is 7.00. The fourth-order valence-electron chi connectivity index (χ4n) is 5.03. The van der Waals surface area contributed by atoms with Gasteiger partial charge in [-0.15, -0.1) is 11.8 Å². The van der Waals surface area contributed by atoms with Crippen molar-refractivity contribution in [3.05, 3.63) is 90.5 Å². The molecule has 15 nitrogen and oxygen atoms in total. The summed E-state index contributed by atoms with van der Waals surface area (Å²) in [5.41, 5.74) is 0.786. The highest BCUT2D eigenvalue weighted by Crippen LogP contribution is 2.51.